The topological polar surface area (TPSA) is 37.4 Å². The number of halogens is 5. The van der Waals surface area contributed by atoms with Crippen molar-refractivity contribution in [3.63, 3.8) is 0 Å². The molecule has 1 aromatic rings. The summed E-state index contributed by atoms with van der Waals surface area (Å²) >= 11 is 0. The number of benzene rings is 1. The molecule has 0 amide bonds. The fourth-order valence-corrected chi connectivity index (χ4v) is 0.717. The number of hydrogen-bond acceptors (Lipinski definition) is 2. The van der Waals surface area contributed by atoms with E-state index in [0.717, 1.165) is 6.07 Å². The third-order valence-electron chi connectivity index (χ3n) is 1.25. The molecule has 9 heteroatoms. The van der Waals surface area contributed by atoms with Crippen LogP contribution in [0.4, 0.5) is 27.3 Å². The SMILES string of the molecule is COc1ccc([N+]#N)cc1F.F[B-](F)(F)F. The first-order valence-corrected chi connectivity index (χ1v) is 3.84. The second kappa shape index (κ2) is 5.90. The Balaban J connectivity index is 0.000000385. The van der Waals surface area contributed by atoms with Gasteiger partial charge in [-0.15, -0.1) is 0 Å². The summed E-state index contributed by atoms with van der Waals surface area (Å²) < 4.78 is 56.4. The third-order valence-corrected chi connectivity index (χ3v) is 1.25. The Hall–Kier alpha value is -1.85. The molecule has 0 aliphatic heterocycles. The van der Waals surface area contributed by atoms with E-state index < -0.39 is 13.1 Å². The van der Waals surface area contributed by atoms with E-state index in [9.17, 15) is 21.7 Å². The highest BCUT2D eigenvalue weighted by Gasteiger charge is 2.20. The third kappa shape index (κ3) is 6.59. The molecule has 0 fully saturated rings. The number of rotatable bonds is 1. The van der Waals surface area contributed by atoms with Gasteiger partial charge in [0.2, 0.25) is 5.39 Å². The Morgan fingerprint density at radius 3 is 2.06 bits per heavy atom. The van der Waals surface area contributed by atoms with Gasteiger partial charge < -0.3 is 22.0 Å². The van der Waals surface area contributed by atoms with Gasteiger partial charge in [0.05, 0.1) is 13.2 Å². The molecule has 16 heavy (non-hydrogen) atoms. The Morgan fingerprint density at radius 1 is 1.25 bits per heavy atom. The van der Waals surface area contributed by atoms with Crippen LogP contribution in [-0.2, 0) is 0 Å². The monoisotopic (exact) mass is 240 g/mol. The van der Waals surface area contributed by atoms with E-state index in [4.69, 9.17) is 5.39 Å². The molecule has 0 bridgehead atoms. The average molecular weight is 240 g/mol. The normalized spacial score (nSPS) is 9.81. The van der Waals surface area contributed by atoms with Gasteiger partial charge >= 0.3 is 12.9 Å². The predicted molar refractivity (Wildman–Crippen MR) is 47.9 cm³/mol. The molecule has 1 aromatic carbocycles. The molecule has 0 aliphatic rings. The van der Waals surface area contributed by atoms with Crippen molar-refractivity contribution in [1.29, 1.82) is 5.39 Å². The Bertz CT molecular complexity index is 383. The van der Waals surface area contributed by atoms with E-state index >= 15 is 0 Å². The summed E-state index contributed by atoms with van der Waals surface area (Å²) in [5, 5.41) is 8.24. The minimum absolute atomic E-state index is 0.136. The van der Waals surface area contributed by atoms with Crippen LogP contribution < -0.4 is 4.74 Å². The maximum absolute atomic E-state index is 12.7. The maximum Gasteiger partial charge on any atom is 0.673 e. The van der Waals surface area contributed by atoms with Crippen molar-refractivity contribution < 1.29 is 26.4 Å². The highest BCUT2D eigenvalue weighted by molar-refractivity contribution is 6.50. The molecule has 0 spiro atoms. The highest BCUT2D eigenvalue weighted by Crippen LogP contribution is 2.21. The standard InChI is InChI=1S/C7H6FN2O.BF4/c1-11-7-3-2-5(10-9)4-6(7)8;2-1(3,4)5/h2-4H,1H3;/q+1;-1. The van der Waals surface area contributed by atoms with Gasteiger partial charge in [-0.05, 0) is 6.07 Å². The summed E-state index contributed by atoms with van der Waals surface area (Å²) in [5.74, 6) is -0.403. The van der Waals surface area contributed by atoms with E-state index in [1.54, 1.807) is 0 Å². The van der Waals surface area contributed by atoms with Crippen LogP contribution in [0.1, 0.15) is 0 Å². The molecule has 0 unspecified atom stereocenters. The summed E-state index contributed by atoms with van der Waals surface area (Å²) in [6.45, 7) is 0. The fraction of sp³-hybridized carbons (Fsp3) is 0.143. The van der Waals surface area contributed by atoms with Crippen LogP contribution in [0.15, 0.2) is 18.2 Å². The first kappa shape index (κ1) is 14.2. The van der Waals surface area contributed by atoms with Crippen molar-refractivity contribution in [1.82, 2.24) is 0 Å². The second-order valence-electron chi connectivity index (χ2n) is 2.41. The summed E-state index contributed by atoms with van der Waals surface area (Å²) in [6.07, 6.45) is 0. The van der Waals surface area contributed by atoms with Crippen LogP contribution in [0.3, 0.4) is 0 Å². The molecule has 88 valence electrons. The van der Waals surface area contributed by atoms with Crippen molar-refractivity contribution >= 4 is 12.9 Å². The van der Waals surface area contributed by atoms with Gasteiger partial charge in [-0.2, -0.15) is 0 Å². The first-order chi connectivity index (χ1) is 7.27. The molecule has 0 heterocycles. The lowest BCUT2D eigenvalue weighted by Gasteiger charge is -1.96. The molecule has 0 N–H and O–H groups in total. The molecule has 0 radical (unpaired) electrons. The molecule has 1 rings (SSSR count). The molecule has 0 saturated carbocycles. The van der Waals surface area contributed by atoms with E-state index in [1.807, 2.05) is 0 Å². The summed E-state index contributed by atoms with van der Waals surface area (Å²) in [7, 11) is -4.63. The first-order valence-electron chi connectivity index (χ1n) is 3.84. The van der Waals surface area contributed by atoms with Gasteiger partial charge in [0.1, 0.15) is 0 Å². The zero-order chi connectivity index (χ0) is 12.8. The predicted octanol–water partition coefficient (Wildman–Crippen LogP) is 3.62. The Kier molecular flexibility index (Phi) is 5.22. The maximum atomic E-state index is 12.7. The summed E-state index contributed by atoms with van der Waals surface area (Å²) in [5.41, 5.74) is 0.170. The molecule has 0 aromatic heterocycles. The lowest BCUT2D eigenvalue weighted by Crippen LogP contribution is -2.02. The van der Waals surface area contributed by atoms with Gasteiger partial charge in [0, 0.05) is 6.07 Å². The quantitative estimate of drug-likeness (QED) is 0.427. The van der Waals surface area contributed by atoms with Crippen LogP contribution in [0, 0.1) is 11.2 Å². The smallest absolute Gasteiger partial charge is 0.494 e. The lowest BCUT2D eigenvalue weighted by atomic mass is 10.3. The highest BCUT2D eigenvalue weighted by atomic mass is 19.5. The molecular formula is C7H6BF5N2O. The summed E-state index contributed by atoms with van der Waals surface area (Å²) in [6, 6.07) is 3.92. The lowest BCUT2D eigenvalue weighted by molar-refractivity contribution is 0.368. The van der Waals surface area contributed by atoms with Gasteiger partial charge in [0.25, 0.3) is 0 Å². The molecule has 0 saturated heterocycles. The minimum atomic E-state index is -6.00. The number of nitrogens with zero attached hydrogens (tertiary/aromatic N) is 2. The van der Waals surface area contributed by atoms with Crippen molar-refractivity contribution in [3.05, 3.63) is 29.0 Å². The van der Waals surface area contributed by atoms with Crippen molar-refractivity contribution in [2.24, 2.45) is 0 Å². The van der Waals surface area contributed by atoms with Crippen molar-refractivity contribution in [2.45, 2.75) is 0 Å². The van der Waals surface area contributed by atoms with Crippen molar-refractivity contribution in [3.8, 4) is 5.75 Å². The zero-order valence-corrected chi connectivity index (χ0v) is 8.00. The van der Waals surface area contributed by atoms with Crippen LogP contribution in [0.2, 0.25) is 0 Å². The van der Waals surface area contributed by atoms with E-state index in [-0.39, 0.29) is 11.4 Å². The van der Waals surface area contributed by atoms with Gasteiger partial charge in [-0.25, -0.2) is 4.39 Å². The second-order valence-corrected chi connectivity index (χ2v) is 2.41. The number of hydrogen-bond donors (Lipinski definition) is 0. The Labute approximate surface area is 87.6 Å². The van der Waals surface area contributed by atoms with Gasteiger partial charge in [0.15, 0.2) is 16.5 Å². The minimum Gasteiger partial charge on any atom is -0.494 e. The van der Waals surface area contributed by atoms with Gasteiger partial charge in [-0.1, -0.05) is 0 Å². The Morgan fingerprint density at radius 2 is 1.75 bits per heavy atom. The fourth-order valence-electron chi connectivity index (χ4n) is 0.717. The van der Waals surface area contributed by atoms with E-state index in [0.29, 0.717) is 0 Å². The largest absolute Gasteiger partial charge is 0.673 e. The van der Waals surface area contributed by atoms with Crippen LogP contribution in [0.25, 0.3) is 4.98 Å². The van der Waals surface area contributed by atoms with Crippen molar-refractivity contribution in [2.75, 3.05) is 7.11 Å². The van der Waals surface area contributed by atoms with Crippen LogP contribution in [-0.4, -0.2) is 14.4 Å². The number of diazo groups is 1. The average Bonchev–Trinajstić information content (AvgIpc) is 2.15. The van der Waals surface area contributed by atoms with E-state index in [1.165, 1.54) is 19.2 Å². The number of ether oxygens (including phenoxy) is 1. The van der Waals surface area contributed by atoms with Crippen LogP contribution in [0.5, 0.6) is 5.75 Å². The number of methoxy groups -OCH3 is 1. The van der Waals surface area contributed by atoms with Gasteiger partial charge in [-0.3, -0.25) is 0 Å². The molecule has 0 atom stereocenters. The van der Waals surface area contributed by atoms with E-state index in [2.05, 4.69) is 9.71 Å². The summed E-state index contributed by atoms with van der Waals surface area (Å²) in [4.78, 5) is 2.81. The zero-order valence-electron chi connectivity index (χ0n) is 8.00. The molecule has 0 aliphatic carbocycles. The molecular weight excluding hydrogens is 234 g/mol. The van der Waals surface area contributed by atoms with Crippen LogP contribution >= 0.6 is 0 Å². The molecule has 3 nitrogen and oxygen atoms in total.